The SMILES string of the molecule is CN(C)CCNC(=O)c1ccc2nc(NC(=O)N(CCC(c3ccccc3)c3ccccc3)CCN3CCOCC3)sc2c1. The van der Waals surface area contributed by atoms with Crippen molar-refractivity contribution in [3.8, 4) is 0 Å². The second-order valence-corrected chi connectivity index (χ2v) is 12.3. The summed E-state index contributed by atoms with van der Waals surface area (Å²) in [6.07, 6.45) is 0.788. The van der Waals surface area contributed by atoms with Crippen LogP contribution in [0.4, 0.5) is 9.93 Å². The van der Waals surface area contributed by atoms with Crippen LogP contribution in [0.2, 0.25) is 0 Å². The minimum atomic E-state index is -0.168. The fourth-order valence-corrected chi connectivity index (χ4v) is 6.26. The van der Waals surface area contributed by atoms with E-state index in [1.807, 2.05) is 48.2 Å². The van der Waals surface area contributed by atoms with Gasteiger partial charge in [0.1, 0.15) is 0 Å². The largest absolute Gasteiger partial charge is 0.379 e. The van der Waals surface area contributed by atoms with E-state index in [0.717, 1.165) is 56.0 Å². The van der Waals surface area contributed by atoms with Gasteiger partial charge in [-0.05, 0) is 49.8 Å². The van der Waals surface area contributed by atoms with Crippen LogP contribution in [-0.2, 0) is 4.74 Å². The van der Waals surface area contributed by atoms with Crippen molar-refractivity contribution in [2.24, 2.45) is 0 Å². The zero-order valence-electron chi connectivity index (χ0n) is 25.6. The van der Waals surface area contributed by atoms with Gasteiger partial charge in [-0.15, -0.1) is 0 Å². The lowest BCUT2D eigenvalue weighted by Gasteiger charge is -2.31. The lowest BCUT2D eigenvalue weighted by Crippen LogP contribution is -2.44. The molecule has 0 aliphatic carbocycles. The Bertz CT molecular complexity index is 1450. The van der Waals surface area contributed by atoms with Crippen molar-refractivity contribution in [1.82, 2.24) is 25.0 Å². The smallest absolute Gasteiger partial charge is 0.323 e. The molecule has 10 heteroatoms. The number of thiazole rings is 1. The number of amides is 3. The number of anilines is 1. The number of nitrogens with one attached hydrogen (secondary N) is 2. The number of urea groups is 1. The standard InChI is InChI=1S/C34H42N6O3S/c1-38(2)18-16-35-32(41)28-13-14-30-31(25-28)44-33(36-30)37-34(42)40(20-19-39-21-23-43-24-22-39)17-15-29(26-9-5-3-6-10-26)27-11-7-4-8-12-27/h3-14,25,29H,15-24H2,1-2H3,(H,35,41)(H,36,37,42). The first-order valence-corrected chi connectivity index (χ1v) is 16.1. The highest BCUT2D eigenvalue weighted by atomic mass is 32.1. The Hall–Kier alpha value is -3.83. The summed E-state index contributed by atoms with van der Waals surface area (Å²) >= 11 is 1.38. The number of hydrogen-bond donors (Lipinski definition) is 2. The van der Waals surface area contributed by atoms with E-state index >= 15 is 0 Å². The number of nitrogens with zero attached hydrogens (tertiary/aromatic N) is 4. The lowest BCUT2D eigenvalue weighted by atomic mass is 9.88. The molecule has 0 saturated carbocycles. The third kappa shape index (κ3) is 8.86. The zero-order chi connectivity index (χ0) is 30.7. The molecule has 0 radical (unpaired) electrons. The van der Waals surface area contributed by atoms with Crippen LogP contribution in [0.5, 0.6) is 0 Å². The number of carbonyl (C=O) groups is 2. The number of benzene rings is 3. The van der Waals surface area contributed by atoms with Gasteiger partial charge in [0, 0.05) is 57.3 Å². The molecule has 4 aromatic rings. The molecular weight excluding hydrogens is 572 g/mol. The van der Waals surface area contributed by atoms with Gasteiger partial charge in [-0.1, -0.05) is 72.0 Å². The Labute approximate surface area is 263 Å². The number of ether oxygens (including phenoxy) is 1. The summed E-state index contributed by atoms with van der Waals surface area (Å²) in [5, 5.41) is 6.54. The molecule has 1 aliphatic rings. The van der Waals surface area contributed by atoms with E-state index in [-0.39, 0.29) is 17.9 Å². The van der Waals surface area contributed by atoms with Crippen molar-refractivity contribution >= 4 is 38.6 Å². The highest BCUT2D eigenvalue weighted by molar-refractivity contribution is 7.22. The Balaban J connectivity index is 1.29. The van der Waals surface area contributed by atoms with Gasteiger partial charge in [0.25, 0.3) is 5.91 Å². The second-order valence-electron chi connectivity index (χ2n) is 11.3. The zero-order valence-corrected chi connectivity index (χ0v) is 26.4. The number of carbonyl (C=O) groups excluding carboxylic acids is 2. The van der Waals surface area contributed by atoms with Crippen molar-refractivity contribution in [2.45, 2.75) is 12.3 Å². The van der Waals surface area contributed by atoms with Crippen molar-refractivity contribution in [3.05, 3.63) is 95.6 Å². The fourth-order valence-electron chi connectivity index (χ4n) is 5.37. The summed E-state index contributed by atoms with van der Waals surface area (Å²) in [4.78, 5) is 37.3. The molecule has 1 aromatic heterocycles. The molecule has 3 amide bonds. The van der Waals surface area contributed by atoms with E-state index in [4.69, 9.17) is 4.74 Å². The van der Waals surface area contributed by atoms with Crippen LogP contribution in [0.3, 0.4) is 0 Å². The number of aromatic nitrogens is 1. The molecule has 44 heavy (non-hydrogen) atoms. The summed E-state index contributed by atoms with van der Waals surface area (Å²) in [6, 6.07) is 26.3. The van der Waals surface area contributed by atoms with Gasteiger partial charge in [-0.2, -0.15) is 0 Å². The maximum absolute atomic E-state index is 13.8. The Morgan fingerprint density at radius 1 is 0.932 bits per heavy atom. The van der Waals surface area contributed by atoms with Crippen LogP contribution in [0, 0.1) is 0 Å². The van der Waals surface area contributed by atoms with Crippen molar-refractivity contribution in [3.63, 3.8) is 0 Å². The second kappa shape index (κ2) is 15.8. The van der Waals surface area contributed by atoms with Gasteiger partial charge < -0.3 is 19.9 Å². The van der Waals surface area contributed by atoms with Crippen LogP contribution < -0.4 is 10.6 Å². The normalized spacial score (nSPS) is 13.8. The monoisotopic (exact) mass is 614 g/mol. The summed E-state index contributed by atoms with van der Waals surface area (Å²) in [5.74, 6) is 0.0502. The van der Waals surface area contributed by atoms with E-state index < -0.39 is 0 Å². The number of morpholine rings is 1. The lowest BCUT2D eigenvalue weighted by molar-refractivity contribution is 0.0351. The summed E-state index contributed by atoms with van der Waals surface area (Å²) in [5.41, 5.74) is 3.81. The first-order chi connectivity index (χ1) is 21.5. The van der Waals surface area contributed by atoms with Crippen LogP contribution in [-0.4, -0.2) is 105 Å². The average molecular weight is 615 g/mol. The predicted molar refractivity (Wildman–Crippen MR) is 178 cm³/mol. The minimum absolute atomic E-state index is 0.117. The van der Waals surface area contributed by atoms with E-state index in [1.54, 1.807) is 6.07 Å². The quantitative estimate of drug-likeness (QED) is 0.221. The topological polar surface area (TPSA) is 90.0 Å². The number of rotatable bonds is 13. The number of fused-ring (bicyclic) bond motifs is 1. The number of hydrogen-bond acceptors (Lipinski definition) is 7. The summed E-state index contributed by atoms with van der Waals surface area (Å²) in [6.45, 7) is 6.49. The van der Waals surface area contributed by atoms with Crippen molar-refractivity contribution in [1.29, 1.82) is 0 Å². The molecule has 232 valence electrons. The molecule has 0 bridgehead atoms. The molecule has 1 saturated heterocycles. The molecule has 9 nitrogen and oxygen atoms in total. The summed E-state index contributed by atoms with van der Waals surface area (Å²) < 4.78 is 6.38. The third-order valence-corrected chi connectivity index (χ3v) is 8.81. The first kappa shape index (κ1) is 31.6. The van der Waals surface area contributed by atoms with E-state index in [1.165, 1.54) is 22.5 Å². The molecule has 5 rings (SSSR count). The van der Waals surface area contributed by atoms with Crippen molar-refractivity contribution in [2.75, 3.05) is 78.4 Å². The molecule has 3 aromatic carbocycles. The highest BCUT2D eigenvalue weighted by Gasteiger charge is 2.22. The Morgan fingerprint density at radius 2 is 1.61 bits per heavy atom. The Morgan fingerprint density at radius 3 is 2.27 bits per heavy atom. The predicted octanol–water partition coefficient (Wildman–Crippen LogP) is 4.98. The van der Waals surface area contributed by atoms with Crippen molar-refractivity contribution < 1.29 is 14.3 Å². The minimum Gasteiger partial charge on any atom is -0.379 e. The van der Waals surface area contributed by atoms with Crippen LogP contribution in [0.1, 0.15) is 33.8 Å². The van der Waals surface area contributed by atoms with Gasteiger partial charge in [-0.3, -0.25) is 15.0 Å². The molecular formula is C34H42N6O3S. The fraction of sp³-hybridized carbons (Fsp3) is 0.382. The van der Waals surface area contributed by atoms with Gasteiger partial charge in [0.2, 0.25) is 0 Å². The van der Waals surface area contributed by atoms with Crippen LogP contribution in [0.15, 0.2) is 78.9 Å². The van der Waals surface area contributed by atoms with E-state index in [2.05, 4.69) is 69.0 Å². The van der Waals surface area contributed by atoms with E-state index in [0.29, 0.717) is 30.3 Å². The molecule has 0 atom stereocenters. The van der Waals surface area contributed by atoms with Gasteiger partial charge in [0.05, 0.1) is 23.4 Å². The van der Waals surface area contributed by atoms with Gasteiger partial charge in [0.15, 0.2) is 5.13 Å². The maximum atomic E-state index is 13.8. The average Bonchev–Trinajstić information content (AvgIpc) is 3.45. The van der Waals surface area contributed by atoms with E-state index in [9.17, 15) is 9.59 Å². The Kier molecular flexibility index (Phi) is 11.3. The summed E-state index contributed by atoms with van der Waals surface area (Å²) in [7, 11) is 3.94. The van der Waals surface area contributed by atoms with Crippen LogP contribution >= 0.6 is 11.3 Å². The first-order valence-electron chi connectivity index (χ1n) is 15.3. The molecule has 2 N–H and O–H groups in total. The molecule has 0 spiro atoms. The van der Waals surface area contributed by atoms with Crippen LogP contribution in [0.25, 0.3) is 10.2 Å². The molecule has 1 aliphatic heterocycles. The van der Waals surface area contributed by atoms with Gasteiger partial charge in [-0.25, -0.2) is 9.78 Å². The number of likely N-dealkylation sites (N-methyl/N-ethyl adjacent to an activating group) is 1. The van der Waals surface area contributed by atoms with Gasteiger partial charge >= 0.3 is 6.03 Å². The molecule has 1 fully saturated rings. The maximum Gasteiger partial charge on any atom is 0.323 e. The third-order valence-electron chi connectivity index (χ3n) is 7.88. The molecule has 0 unspecified atom stereocenters. The highest BCUT2D eigenvalue weighted by Crippen LogP contribution is 2.29. The molecule has 2 heterocycles.